The normalized spacial score (nSPS) is 20.3. The van der Waals surface area contributed by atoms with E-state index in [0.29, 0.717) is 6.54 Å². The van der Waals surface area contributed by atoms with Crippen LogP contribution < -0.4 is 5.32 Å². The summed E-state index contributed by atoms with van der Waals surface area (Å²) in [6, 6.07) is 0.518. The van der Waals surface area contributed by atoms with Gasteiger partial charge in [-0.1, -0.05) is 0 Å². The predicted molar refractivity (Wildman–Crippen MR) is 87.9 cm³/mol. The van der Waals surface area contributed by atoms with Crippen molar-refractivity contribution in [3.05, 3.63) is 12.2 Å². The van der Waals surface area contributed by atoms with Crippen LogP contribution in [0.1, 0.15) is 59.2 Å². The molecule has 1 aromatic rings. The van der Waals surface area contributed by atoms with E-state index in [4.69, 9.17) is 4.74 Å². The summed E-state index contributed by atoms with van der Waals surface area (Å²) >= 11 is 0. The van der Waals surface area contributed by atoms with Crippen LogP contribution in [-0.2, 0) is 11.3 Å². The van der Waals surface area contributed by atoms with Gasteiger partial charge >= 0.3 is 6.09 Å². The van der Waals surface area contributed by atoms with Crippen molar-refractivity contribution < 1.29 is 9.53 Å². The number of ether oxygens (including phenoxy) is 1. The molecular weight excluding hydrogens is 294 g/mol. The van der Waals surface area contributed by atoms with Gasteiger partial charge in [-0.25, -0.2) is 9.78 Å². The van der Waals surface area contributed by atoms with E-state index in [-0.39, 0.29) is 18.2 Å². The predicted octanol–water partition coefficient (Wildman–Crippen LogP) is 2.46. The fraction of sp³-hybridized carbons (Fsp3) is 0.812. The number of hydrogen-bond donors (Lipinski definition) is 2. The van der Waals surface area contributed by atoms with Crippen LogP contribution in [0, 0.1) is 0 Å². The second-order valence-electron chi connectivity index (χ2n) is 7.27. The molecule has 0 saturated carbocycles. The number of piperidine rings is 1. The molecule has 130 valence electrons. The number of aromatic amines is 1. The van der Waals surface area contributed by atoms with E-state index in [1.54, 1.807) is 0 Å². The molecule has 2 heterocycles. The Balaban J connectivity index is 1.86. The Bertz CT molecular complexity index is 483. The lowest BCUT2D eigenvalue weighted by atomic mass is 9.96. The van der Waals surface area contributed by atoms with Crippen LogP contribution in [0.4, 0.5) is 4.79 Å². The smallest absolute Gasteiger partial charge is 0.410 e. The lowest BCUT2D eigenvalue weighted by Crippen LogP contribution is -2.48. The van der Waals surface area contributed by atoms with Crippen LogP contribution >= 0.6 is 0 Å². The number of rotatable bonds is 5. The van der Waals surface area contributed by atoms with Gasteiger partial charge in [-0.3, -0.25) is 5.10 Å². The molecule has 2 atom stereocenters. The zero-order chi connectivity index (χ0) is 16.9. The number of carbonyl (C=O) groups excluding carboxylic acids is 1. The maximum absolute atomic E-state index is 12.4. The first kappa shape index (κ1) is 17.7. The molecule has 0 aliphatic carbocycles. The second kappa shape index (κ2) is 7.77. The number of carbonyl (C=O) groups is 1. The Morgan fingerprint density at radius 1 is 1.52 bits per heavy atom. The SMILES string of the molecule is CC(CC1CCCCN1C(=O)OC(C)(C)C)NCc1ncn[nH]1. The van der Waals surface area contributed by atoms with E-state index in [9.17, 15) is 4.79 Å². The highest BCUT2D eigenvalue weighted by Crippen LogP contribution is 2.23. The molecule has 1 saturated heterocycles. The largest absolute Gasteiger partial charge is 0.444 e. The molecule has 1 aromatic heterocycles. The Labute approximate surface area is 138 Å². The highest BCUT2D eigenvalue weighted by molar-refractivity contribution is 5.68. The average molecular weight is 323 g/mol. The number of likely N-dealkylation sites (tertiary alicyclic amines) is 1. The standard InChI is InChI=1S/C16H29N5O2/c1-12(17-10-14-18-11-19-20-14)9-13-7-5-6-8-21(13)15(22)23-16(2,3)4/h11-13,17H,5-10H2,1-4H3,(H,18,19,20). The molecular formula is C16H29N5O2. The van der Waals surface area contributed by atoms with Gasteiger partial charge in [0.2, 0.25) is 0 Å². The fourth-order valence-electron chi connectivity index (χ4n) is 2.88. The zero-order valence-corrected chi connectivity index (χ0v) is 14.6. The van der Waals surface area contributed by atoms with Crippen molar-refractivity contribution in [2.24, 2.45) is 0 Å². The molecule has 0 aromatic carbocycles. The molecule has 0 spiro atoms. The summed E-state index contributed by atoms with van der Waals surface area (Å²) in [7, 11) is 0. The summed E-state index contributed by atoms with van der Waals surface area (Å²) < 4.78 is 5.55. The molecule has 0 radical (unpaired) electrons. The number of hydrogen-bond acceptors (Lipinski definition) is 5. The molecule has 23 heavy (non-hydrogen) atoms. The first-order chi connectivity index (χ1) is 10.8. The fourth-order valence-corrected chi connectivity index (χ4v) is 2.88. The van der Waals surface area contributed by atoms with Crippen molar-refractivity contribution >= 4 is 6.09 Å². The van der Waals surface area contributed by atoms with E-state index in [1.165, 1.54) is 12.7 Å². The van der Waals surface area contributed by atoms with Gasteiger partial charge in [-0.2, -0.15) is 5.10 Å². The van der Waals surface area contributed by atoms with Gasteiger partial charge in [0.1, 0.15) is 17.8 Å². The molecule has 1 amide bonds. The summed E-state index contributed by atoms with van der Waals surface area (Å²) in [4.78, 5) is 18.4. The highest BCUT2D eigenvalue weighted by atomic mass is 16.6. The summed E-state index contributed by atoms with van der Waals surface area (Å²) in [6.07, 6.45) is 5.48. The van der Waals surface area contributed by atoms with E-state index < -0.39 is 5.60 Å². The van der Waals surface area contributed by atoms with E-state index in [1.807, 2.05) is 25.7 Å². The average Bonchev–Trinajstić information content (AvgIpc) is 2.97. The molecule has 1 fully saturated rings. The Hall–Kier alpha value is -1.63. The van der Waals surface area contributed by atoms with Crippen LogP contribution in [0.5, 0.6) is 0 Å². The van der Waals surface area contributed by atoms with Crippen LogP contribution in [0.3, 0.4) is 0 Å². The van der Waals surface area contributed by atoms with Crippen LogP contribution in [0.15, 0.2) is 6.33 Å². The number of amides is 1. The minimum absolute atomic E-state index is 0.190. The maximum atomic E-state index is 12.4. The minimum atomic E-state index is -0.449. The minimum Gasteiger partial charge on any atom is -0.444 e. The molecule has 7 nitrogen and oxygen atoms in total. The van der Waals surface area contributed by atoms with Gasteiger partial charge in [0.05, 0.1) is 6.54 Å². The number of H-pyrrole nitrogens is 1. The Morgan fingerprint density at radius 3 is 2.96 bits per heavy atom. The summed E-state index contributed by atoms with van der Waals surface area (Å²) in [5.74, 6) is 0.824. The van der Waals surface area contributed by atoms with Crippen molar-refractivity contribution in [3.63, 3.8) is 0 Å². The van der Waals surface area contributed by atoms with Gasteiger partial charge in [-0.05, 0) is 53.4 Å². The van der Waals surface area contributed by atoms with Crippen molar-refractivity contribution in [3.8, 4) is 0 Å². The number of nitrogens with one attached hydrogen (secondary N) is 2. The molecule has 1 aliphatic heterocycles. The first-order valence-corrected chi connectivity index (χ1v) is 8.42. The topological polar surface area (TPSA) is 83.1 Å². The third-order valence-electron chi connectivity index (χ3n) is 3.96. The quantitative estimate of drug-likeness (QED) is 0.869. The van der Waals surface area contributed by atoms with Crippen LogP contribution in [0.25, 0.3) is 0 Å². The van der Waals surface area contributed by atoms with E-state index >= 15 is 0 Å². The summed E-state index contributed by atoms with van der Waals surface area (Å²) in [6.45, 7) is 9.30. The number of aromatic nitrogens is 3. The summed E-state index contributed by atoms with van der Waals surface area (Å²) in [5.41, 5.74) is -0.449. The maximum Gasteiger partial charge on any atom is 0.410 e. The van der Waals surface area contributed by atoms with Gasteiger partial charge in [0.25, 0.3) is 0 Å². The zero-order valence-electron chi connectivity index (χ0n) is 14.6. The van der Waals surface area contributed by atoms with Crippen LogP contribution in [-0.4, -0.2) is 50.4 Å². The number of nitrogens with zero attached hydrogens (tertiary/aromatic N) is 3. The third kappa shape index (κ3) is 5.82. The molecule has 1 aliphatic rings. The first-order valence-electron chi connectivity index (χ1n) is 8.42. The van der Waals surface area contributed by atoms with Crippen LogP contribution in [0.2, 0.25) is 0 Å². The molecule has 0 bridgehead atoms. The third-order valence-corrected chi connectivity index (χ3v) is 3.96. The molecule has 7 heteroatoms. The van der Waals surface area contributed by atoms with Gasteiger partial charge in [0.15, 0.2) is 0 Å². The second-order valence-corrected chi connectivity index (χ2v) is 7.27. The Kier molecular flexibility index (Phi) is 5.98. The van der Waals surface area contributed by atoms with Gasteiger partial charge < -0.3 is 15.0 Å². The van der Waals surface area contributed by atoms with Crippen molar-refractivity contribution in [2.45, 2.75) is 77.6 Å². The summed E-state index contributed by atoms with van der Waals surface area (Å²) in [5, 5.41) is 10.1. The lowest BCUT2D eigenvalue weighted by molar-refractivity contribution is 0.00788. The van der Waals surface area contributed by atoms with Gasteiger partial charge in [0, 0.05) is 18.6 Å². The lowest BCUT2D eigenvalue weighted by Gasteiger charge is -2.38. The Morgan fingerprint density at radius 2 is 2.30 bits per heavy atom. The van der Waals surface area contributed by atoms with E-state index in [2.05, 4.69) is 27.4 Å². The van der Waals surface area contributed by atoms with E-state index in [0.717, 1.165) is 31.6 Å². The van der Waals surface area contributed by atoms with Crippen molar-refractivity contribution in [2.75, 3.05) is 6.54 Å². The molecule has 2 unspecified atom stereocenters. The van der Waals surface area contributed by atoms with Gasteiger partial charge in [-0.15, -0.1) is 0 Å². The van der Waals surface area contributed by atoms with Crippen molar-refractivity contribution in [1.82, 2.24) is 25.4 Å². The molecule has 2 rings (SSSR count). The van der Waals surface area contributed by atoms with Crippen molar-refractivity contribution in [1.29, 1.82) is 0 Å². The monoisotopic (exact) mass is 323 g/mol. The highest BCUT2D eigenvalue weighted by Gasteiger charge is 2.31. The molecule has 2 N–H and O–H groups in total.